The predicted octanol–water partition coefficient (Wildman–Crippen LogP) is 0.975. The molecule has 0 aliphatic carbocycles. The number of amidine groups is 1. The summed E-state index contributed by atoms with van der Waals surface area (Å²) < 4.78 is 0. The van der Waals surface area contributed by atoms with Gasteiger partial charge in [-0.2, -0.15) is 0 Å². The fraction of sp³-hybridized carbons (Fsp3) is 0.917. The number of nitrogens with two attached hydrogens (primary N) is 1. The number of hydrogen-bond donors (Lipinski definition) is 3. The van der Waals surface area contributed by atoms with Crippen LogP contribution < -0.4 is 11.1 Å². The highest BCUT2D eigenvalue weighted by Gasteiger charge is 2.17. The van der Waals surface area contributed by atoms with Crippen molar-refractivity contribution in [1.82, 2.24) is 10.2 Å². The second kappa shape index (κ2) is 7.50. The van der Waals surface area contributed by atoms with Gasteiger partial charge >= 0.3 is 0 Å². The molecule has 0 aromatic heterocycles. The van der Waals surface area contributed by atoms with Crippen molar-refractivity contribution in [2.75, 3.05) is 19.6 Å². The Hall–Kier alpha value is -0.810. The molecule has 0 amide bonds. The van der Waals surface area contributed by atoms with Crippen LogP contribution in [0, 0.1) is 0 Å². The number of hydrogen-bond acceptors (Lipinski definition) is 4. The molecule has 1 saturated heterocycles. The fourth-order valence-corrected chi connectivity index (χ4v) is 2.28. The van der Waals surface area contributed by atoms with E-state index in [1.54, 1.807) is 0 Å². The molecule has 0 saturated carbocycles. The third kappa shape index (κ3) is 4.91. The van der Waals surface area contributed by atoms with Gasteiger partial charge in [-0.15, -0.1) is 0 Å². The van der Waals surface area contributed by atoms with E-state index in [4.69, 9.17) is 10.9 Å². The van der Waals surface area contributed by atoms with Gasteiger partial charge < -0.3 is 21.2 Å². The first-order valence-corrected chi connectivity index (χ1v) is 6.60. The Labute approximate surface area is 104 Å². The van der Waals surface area contributed by atoms with Crippen LogP contribution in [0.15, 0.2) is 5.16 Å². The van der Waals surface area contributed by atoms with Crippen LogP contribution in [0.4, 0.5) is 0 Å². The van der Waals surface area contributed by atoms with Crippen LogP contribution in [0.1, 0.15) is 39.5 Å². The van der Waals surface area contributed by atoms with Gasteiger partial charge in [0.25, 0.3) is 0 Å². The lowest BCUT2D eigenvalue weighted by Crippen LogP contribution is -2.42. The molecule has 4 N–H and O–H groups in total. The minimum Gasteiger partial charge on any atom is -0.409 e. The number of piperidine rings is 1. The zero-order valence-corrected chi connectivity index (χ0v) is 11.0. The molecule has 1 aliphatic rings. The smallest absolute Gasteiger partial charge is 0.156 e. The standard InChI is InChI=1S/C12H26N4O/c1-10-6-3-4-8-16(10)9-5-7-14-11(2)12(13)15-17/h10-11,14,17H,3-9H2,1-2H3,(H2,13,15). The molecule has 100 valence electrons. The number of oxime groups is 1. The largest absolute Gasteiger partial charge is 0.409 e. The molecule has 0 spiro atoms. The monoisotopic (exact) mass is 242 g/mol. The lowest BCUT2D eigenvalue weighted by atomic mass is 10.0. The molecule has 5 heteroatoms. The van der Waals surface area contributed by atoms with E-state index < -0.39 is 0 Å². The summed E-state index contributed by atoms with van der Waals surface area (Å²) in [6.07, 6.45) is 5.13. The molecule has 2 unspecified atom stereocenters. The summed E-state index contributed by atoms with van der Waals surface area (Å²) in [5.41, 5.74) is 5.49. The zero-order chi connectivity index (χ0) is 12.7. The van der Waals surface area contributed by atoms with Crippen molar-refractivity contribution < 1.29 is 5.21 Å². The van der Waals surface area contributed by atoms with Crippen LogP contribution in [0.2, 0.25) is 0 Å². The molecule has 1 rings (SSSR count). The maximum atomic E-state index is 8.52. The molecule has 5 nitrogen and oxygen atoms in total. The van der Waals surface area contributed by atoms with Gasteiger partial charge in [0.05, 0.1) is 6.04 Å². The van der Waals surface area contributed by atoms with Crippen LogP contribution in [-0.4, -0.2) is 47.7 Å². The highest BCUT2D eigenvalue weighted by molar-refractivity contribution is 5.84. The number of nitrogens with zero attached hydrogens (tertiary/aromatic N) is 2. The van der Waals surface area contributed by atoms with Gasteiger partial charge in [-0.3, -0.25) is 0 Å². The predicted molar refractivity (Wildman–Crippen MR) is 70.4 cm³/mol. The van der Waals surface area contributed by atoms with Crippen LogP contribution in [0.5, 0.6) is 0 Å². The normalized spacial score (nSPS) is 24.8. The van der Waals surface area contributed by atoms with Crippen molar-refractivity contribution in [3.8, 4) is 0 Å². The first kappa shape index (κ1) is 14.3. The molecule has 17 heavy (non-hydrogen) atoms. The minimum absolute atomic E-state index is 0.0567. The quantitative estimate of drug-likeness (QED) is 0.213. The maximum Gasteiger partial charge on any atom is 0.156 e. The summed E-state index contributed by atoms with van der Waals surface area (Å²) in [5.74, 6) is 0.247. The number of rotatable bonds is 6. The van der Waals surface area contributed by atoms with Gasteiger partial charge in [0.2, 0.25) is 0 Å². The van der Waals surface area contributed by atoms with Crippen molar-refractivity contribution in [3.63, 3.8) is 0 Å². The summed E-state index contributed by atoms with van der Waals surface area (Å²) in [6, 6.07) is 0.670. The average molecular weight is 242 g/mol. The molecule has 0 aromatic rings. The van der Waals surface area contributed by atoms with Crippen LogP contribution in [0.3, 0.4) is 0 Å². The minimum atomic E-state index is -0.0567. The van der Waals surface area contributed by atoms with Gasteiger partial charge in [-0.1, -0.05) is 11.6 Å². The molecular weight excluding hydrogens is 216 g/mol. The van der Waals surface area contributed by atoms with Crippen LogP contribution in [-0.2, 0) is 0 Å². The van der Waals surface area contributed by atoms with E-state index >= 15 is 0 Å². The average Bonchev–Trinajstić information content (AvgIpc) is 2.35. The Morgan fingerprint density at radius 1 is 1.59 bits per heavy atom. The lowest BCUT2D eigenvalue weighted by molar-refractivity contribution is 0.159. The Morgan fingerprint density at radius 2 is 2.35 bits per heavy atom. The van der Waals surface area contributed by atoms with E-state index in [9.17, 15) is 0 Å². The van der Waals surface area contributed by atoms with Gasteiger partial charge in [-0.25, -0.2) is 0 Å². The number of likely N-dealkylation sites (tertiary alicyclic amines) is 1. The molecule has 1 heterocycles. The van der Waals surface area contributed by atoms with Crippen molar-refractivity contribution in [1.29, 1.82) is 0 Å². The van der Waals surface area contributed by atoms with Crippen molar-refractivity contribution in [2.45, 2.75) is 51.6 Å². The molecule has 1 aliphatic heterocycles. The van der Waals surface area contributed by atoms with E-state index in [1.807, 2.05) is 6.92 Å². The first-order chi connectivity index (χ1) is 8.15. The topological polar surface area (TPSA) is 73.9 Å². The molecule has 2 atom stereocenters. The fourth-order valence-electron chi connectivity index (χ4n) is 2.28. The summed E-state index contributed by atoms with van der Waals surface area (Å²) >= 11 is 0. The Morgan fingerprint density at radius 3 is 3.00 bits per heavy atom. The zero-order valence-electron chi connectivity index (χ0n) is 11.0. The van der Waals surface area contributed by atoms with Gasteiger partial charge in [0, 0.05) is 6.04 Å². The SMILES string of the molecule is CC(NCCCN1CCCCC1C)C(N)=NO. The summed E-state index contributed by atoms with van der Waals surface area (Å²) in [4.78, 5) is 2.55. The van der Waals surface area contributed by atoms with Gasteiger partial charge in [0.1, 0.15) is 0 Å². The maximum absolute atomic E-state index is 8.52. The summed E-state index contributed by atoms with van der Waals surface area (Å²) in [6.45, 7) is 7.48. The molecule has 0 aromatic carbocycles. The molecule has 0 radical (unpaired) electrons. The second-order valence-electron chi connectivity index (χ2n) is 4.94. The third-order valence-electron chi connectivity index (χ3n) is 3.57. The van der Waals surface area contributed by atoms with Crippen molar-refractivity contribution >= 4 is 5.84 Å². The molecular formula is C12H26N4O. The van der Waals surface area contributed by atoms with E-state index in [0.29, 0.717) is 0 Å². The molecule has 1 fully saturated rings. The lowest BCUT2D eigenvalue weighted by Gasteiger charge is -2.33. The van der Waals surface area contributed by atoms with E-state index in [1.165, 1.54) is 25.8 Å². The summed E-state index contributed by atoms with van der Waals surface area (Å²) in [5, 5.41) is 14.8. The van der Waals surface area contributed by atoms with E-state index in [-0.39, 0.29) is 11.9 Å². The number of nitrogens with one attached hydrogen (secondary N) is 1. The highest BCUT2D eigenvalue weighted by atomic mass is 16.4. The van der Waals surface area contributed by atoms with Crippen molar-refractivity contribution in [2.24, 2.45) is 10.9 Å². The van der Waals surface area contributed by atoms with Gasteiger partial charge in [0.15, 0.2) is 5.84 Å². The van der Waals surface area contributed by atoms with E-state index in [2.05, 4.69) is 22.3 Å². The first-order valence-electron chi connectivity index (χ1n) is 6.60. The van der Waals surface area contributed by atoms with Crippen molar-refractivity contribution in [3.05, 3.63) is 0 Å². The molecule has 0 bridgehead atoms. The Bertz CT molecular complexity index is 245. The Kier molecular flexibility index (Phi) is 6.29. The van der Waals surface area contributed by atoms with E-state index in [0.717, 1.165) is 25.6 Å². The van der Waals surface area contributed by atoms with Gasteiger partial charge in [-0.05, 0) is 52.7 Å². The highest BCUT2D eigenvalue weighted by Crippen LogP contribution is 2.15. The third-order valence-corrected chi connectivity index (χ3v) is 3.57. The van der Waals surface area contributed by atoms with Crippen LogP contribution >= 0.6 is 0 Å². The Balaban J connectivity index is 2.11. The van der Waals surface area contributed by atoms with Crippen LogP contribution in [0.25, 0.3) is 0 Å². The second-order valence-corrected chi connectivity index (χ2v) is 4.94. The summed E-state index contributed by atoms with van der Waals surface area (Å²) in [7, 11) is 0.